The molecule has 2 heterocycles. The Morgan fingerprint density at radius 3 is 2.70 bits per heavy atom. The van der Waals surface area contributed by atoms with Gasteiger partial charge in [0.05, 0.1) is 7.11 Å². The van der Waals surface area contributed by atoms with Crippen LogP contribution < -0.4 is 15.0 Å². The lowest BCUT2D eigenvalue weighted by Crippen LogP contribution is -2.35. The lowest BCUT2D eigenvalue weighted by atomic mass is 10.1. The van der Waals surface area contributed by atoms with E-state index in [0.717, 1.165) is 30.5 Å². The monoisotopic (exact) mass is 364 g/mol. The first-order chi connectivity index (χ1) is 13.2. The highest BCUT2D eigenvalue weighted by Gasteiger charge is 2.20. The average molecular weight is 364 g/mol. The number of nitrogens with one attached hydrogen (secondary N) is 1. The number of carbonyl (C=O) groups is 2. The van der Waals surface area contributed by atoms with E-state index in [1.165, 1.54) is 0 Å². The topological polar surface area (TPSA) is 71.8 Å². The molecule has 138 valence electrons. The van der Waals surface area contributed by atoms with Crippen LogP contribution in [0.2, 0.25) is 0 Å². The van der Waals surface area contributed by atoms with Crippen LogP contribution in [0, 0.1) is 0 Å². The van der Waals surface area contributed by atoms with Crippen molar-refractivity contribution in [1.82, 2.24) is 0 Å². The van der Waals surface area contributed by atoms with Gasteiger partial charge in [-0.25, -0.2) is 0 Å². The largest absolute Gasteiger partial charge is 0.493 e. The Bertz CT molecular complexity index is 991. The summed E-state index contributed by atoms with van der Waals surface area (Å²) in [6.07, 6.45) is 2.56. The predicted molar refractivity (Wildman–Crippen MR) is 103 cm³/mol. The molecule has 4 rings (SSSR count). The summed E-state index contributed by atoms with van der Waals surface area (Å²) in [6.45, 7) is 0.741. The van der Waals surface area contributed by atoms with Crippen LogP contribution in [0.25, 0.3) is 11.0 Å². The number of furan rings is 1. The van der Waals surface area contributed by atoms with Crippen LogP contribution in [0.15, 0.2) is 52.9 Å². The fraction of sp³-hybridized carbons (Fsp3) is 0.238. The molecule has 6 nitrogen and oxygen atoms in total. The number of fused-ring (bicyclic) bond motifs is 1. The van der Waals surface area contributed by atoms with E-state index in [-0.39, 0.29) is 17.6 Å². The zero-order valence-electron chi connectivity index (χ0n) is 15.0. The van der Waals surface area contributed by atoms with Crippen LogP contribution in [-0.4, -0.2) is 25.5 Å². The van der Waals surface area contributed by atoms with Crippen molar-refractivity contribution in [2.75, 3.05) is 23.9 Å². The molecular weight excluding hydrogens is 344 g/mol. The summed E-state index contributed by atoms with van der Waals surface area (Å²) in [5.41, 5.74) is 2.04. The second kappa shape index (κ2) is 7.15. The highest BCUT2D eigenvalue weighted by atomic mass is 16.5. The lowest BCUT2D eigenvalue weighted by Gasteiger charge is -2.26. The third-order valence-electron chi connectivity index (χ3n) is 4.71. The Labute approximate surface area is 156 Å². The van der Waals surface area contributed by atoms with Crippen molar-refractivity contribution in [3.63, 3.8) is 0 Å². The van der Waals surface area contributed by atoms with Crippen LogP contribution >= 0.6 is 0 Å². The van der Waals surface area contributed by atoms with Crippen molar-refractivity contribution in [2.24, 2.45) is 0 Å². The summed E-state index contributed by atoms with van der Waals surface area (Å²) in [4.78, 5) is 26.3. The number of hydrogen-bond acceptors (Lipinski definition) is 4. The fourth-order valence-electron chi connectivity index (χ4n) is 3.31. The first-order valence-electron chi connectivity index (χ1n) is 8.94. The van der Waals surface area contributed by atoms with Crippen molar-refractivity contribution in [3.8, 4) is 5.75 Å². The van der Waals surface area contributed by atoms with E-state index >= 15 is 0 Å². The van der Waals surface area contributed by atoms with E-state index in [9.17, 15) is 9.59 Å². The minimum Gasteiger partial charge on any atom is -0.493 e. The van der Waals surface area contributed by atoms with Crippen LogP contribution in [0.4, 0.5) is 11.4 Å². The van der Waals surface area contributed by atoms with Crippen LogP contribution in [0.3, 0.4) is 0 Å². The quantitative estimate of drug-likeness (QED) is 0.753. The Balaban J connectivity index is 1.50. The molecule has 1 saturated heterocycles. The second-order valence-electron chi connectivity index (χ2n) is 6.49. The molecule has 1 fully saturated rings. The molecule has 1 aromatic heterocycles. The molecule has 0 spiro atoms. The van der Waals surface area contributed by atoms with Gasteiger partial charge in [-0.3, -0.25) is 9.59 Å². The van der Waals surface area contributed by atoms with E-state index in [4.69, 9.17) is 9.15 Å². The van der Waals surface area contributed by atoms with Crippen LogP contribution in [0.1, 0.15) is 29.8 Å². The minimum atomic E-state index is -0.338. The van der Waals surface area contributed by atoms with Crippen molar-refractivity contribution in [3.05, 3.63) is 54.3 Å². The highest BCUT2D eigenvalue weighted by Crippen LogP contribution is 2.29. The molecule has 0 unspecified atom stereocenters. The van der Waals surface area contributed by atoms with Crippen LogP contribution in [-0.2, 0) is 4.79 Å². The summed E-state index contributed by atoms with van der Waals surface area (Å²) in [6, 6.07) is 14.5. The molecule has 2 amide bonds. The normalized spacial score (nSPS) is 14.4. The standard InChI is InChI=1S/C21H20N2O4/c1-26-17-6-4-5-14-13-18(27-20(14)17)21(25)22-15-8-10-16(11-9-15)23-12-3-2-7-19(23)24/h4-6,8-11,13H,2-3,7,12H2,1H3,(H,22,25). The number of carbonyl (C=O) groups excluding carboxylic acids is 2. The van der Waals surface area contributed by atoms with Gasteiger partial charge in [-0.15, -0.1) is 0 Å². The van der Waals surface area contributed by atoms with E-state index < -0.39 is 0 Å². The highest BCUT2D eigenvalue weighted by molar-refractivity contribution is 6.05. The molecule has 0 aliphatic carbocycles. The maximum absolute atomic E-state index is 12.5. The van der Waals surface area contributed by atoms with Crippen LogP contribution in [0.5, 0.6) is 5.75 Å². The van der Waals surface area contributed by atoms with E-state index in [2.05, 4.69) is 5.32 Å². The van der Waals surface area contributed by atoms with Gasteiger partial charge in [0, 0.05) is 29.7 Å². The molecule has 27 heavy (non-hydrogen) atoms. The molecule has 0 radical (unpaired) electrons. The van der Waals surface area contributed by atoms with Crippen molar-refractivity contribution in [1.29, 1.82) is 0 Å². The number of methoxy groups -OCH3 is 1. The predicted octanol–water partition coefficient (Wildman–Crippen LogP) is 4.21. The molecule has 1 N–H and O–H groups in total. The third kappa shape index (κ3) is 3.38. The Morgan fingerprint density at radius 1 is 1.15 bits per heavy atom. The van der Waals surface area contributed by atoms with Gasteiger partial charge in [0.1, 0.15) is 0 Å². The SMILES string of the molecule is COc1cccc2cc(C(=O)Nc3ccc(N4CCCCC4=O)cc3)oc12. The van der Waals surface area contributed by atoms with Gasteiger partial charge in [0.2, 0.25) is 5.91 Å². The van der Waals surface area contributed by atoms with Crippen molar-refractivity contribution < 1.29 is 18.7 Å². The summed E-state index contributed by atoms with van der Waals surface area (Å²) in [7, 11) is 1.56. The zero-order chi connectivity index (χ0) is 18.8. The van der Waals surface area contributed by atoms with E-state index in [1.54, 1.807) is 36.3 Å². The van der Waals surface area contributed by atoms with Gasteiger partial charge in [-0.2, -0.15) is 0 Å². The number of para-hydroxylation sites is 1. The summed E-state index contributed by atoms with van der Waals surface area (Å²) >= 11 is 0. The van der Waals surface area contributed by atoms with Gasteiger partial charge in [-0.1, -0.05) is 12.1 Å². The average Bonchev–Trinajstić information content (AvgIpc) is 3.14. The van der Waals surface area contributed by atoms with Crippen molar-refractivity contribution in [2.45, 2.75) is 19.3 Å². The Hall–Kier alpha value is -3.28. The van der Waals surface area contributed by atoms with E-state index in [0.29, 0.717) is 23.4 Å². The number of amides is 2. The molecule has 6 heteroatoms. The molecule has 0 atom stereocenters. The number of benzene rings is 2. The Kier molecular flexibility index (Phi) is 4.54. The van der Waals surface area contributed by atoms with E-state index in [1.807, 2.05) is 24.3 Å². The second-order valence-corrected chi connectivity index (χ2v) is 6.49. The summed E-state index contributed by atoms with van der Waals surface area (Å²) in [5, 5.41) is 3.63. The first kappa shape index (κ1) is 17.1. The smallest absolute Gasteiger partial charge is 0.291 e. The third-order valence-corrected chi connectivity index (χ3v) is 4.71. The summed E-state index contributed by atoms with van der Waals surface area (Å²) < 4.78 is 10.9. The molecule has 0 saturated carbocycles. The first-order valence-corrected chi connectivity index (χ1v) is 8.94. The molecular formula is C21H20N2O4. The molecule has 1 aliphatic rings. The van der Waals surface area contributed by atoms with Gasteiger partial charge < -0.3 is 19.4 Å². The number of nitrogens with zero attached hydrogens (tertiary/aromatic N) is 1. The molecule has 0 bridgehead atoms. The zero-order valence-corrected chi connectivity index (χ0v) is 15.0. The van der Waals surface area contributed by atoms with Crippen molar-refractivity contribution >= 4 is 34.2 Å². The molecule has 1 aliphatic heterocycles. The molecule has 2 aromatic carbocycles. The van der Waals surface area contributed by atoms with Gasteiger partial charge >= 0.3 is 0 Å². The molecule has 3 aromatic rings. The van der Waals surface area contributed by atoms with Gasteiger partial charge in [0.15, 0.2) is 17.1 Å². The number of ether oxygens (including phenoxy) is 1. The van der Waals surface area contributed by atoms with Gasteiger partial charge in [-0.05, 0) is 49.2 Å². The van der Waals surface area contributed by atoms with Gasteiger partial charge in [0.25, 0.3) is 5.91 Å². The number of anilines is 2. The maximum Gasteiger partial charge on any atom is 0.291 e. The lowest BCUT2D eigenvalue weighted by molar-refractivity contribution is -0.119. The Morgan fingerprint density at radius 2 is 1.96 bits per heavy atom. The minimum absolute atomic E-state index is 0.147. The fourth-order valence-corrected chi connectivity index (χ4v) is 3.31. The number of hydrogen-bond donors (Lipinski definition) is 1. The number of piperidine rings is 1. The summed E-state index contributed by atoms with van der Waals surface area (Å²) in [5.74, 6) is 0.608. The number of rotatable bonds is 4. The maximum atomic E-state index is 12.5.